The SMILES string of the molecule is CC(C)C(C)C(=O)N1C[C@@H](C(F)(F)F)[C@H](C(=O)O)C1. The number of nitrogens with zero attached hydrogens (tertiary/aromatic N) is 1. The minimum atomic E-state index is -4.60. The summed E-state index contributed by atoms with van der Waals surface area (Å²) in [6, 6.07) is 0. The summed E-state index contributed by atoms with van der Waals surface area (Å²) in [7, 11) is 0. The Bertz CT molecular complexity index is 368. The van der Waals surface area contributed by atoms with Crippen LogP contribution in [0.25, 0.3) is 0 Å². The number of halogens is 3. The first kappa shape index (κ1) is 15.8. The Hall–Kier alpha value is -1.27. The van der Waals surface area contributed by atoms with Crippen molar-refractivity contribution in [2.45, 2.75) is 26.9 Å². The van der Waals surface area contributed by atoms with E-state index in [9.17, 15) is 22.8 Å². The molecule has 0 bridgehead atoms. The van der Waals surface area contributed by atoms with Crippen molar-refractivity contribution in [3.05, 3.63) is 0 Å². The van der Waals surface area contributed by atoms with E-state index in [1.807, 2.05) is 0 Å². The van der Waals surface area contributed by atoms with Gasteiger partial charge in [0.05, 0.1) is 11.8 Å². The molecule has 1 N–H and O–H groups in total. The first-order valence-electron chi connectivity index (χ1n) is 6.14. The first-order chi connectivity index (χ1) is 8.55. The van der Waals surface area contributed by atoms with Crippen LogP contribution in [0.3, 0.4) is 0 Å². The van der Waals surface area contributed by atoms with Crippen LogP contribution in [-0.2, 0) is 9.59 Å². The van der Waals surface area contributed by atoms with Crippen molar-refractivity contribution in [3.63, 3.8) is 0 Å². The Balaban J connectivity index is 2.87. The summed E-state index contributed by atoms with van der Waals surface area (Å²) in [5, 5.41) is 8.86. The number of carboxylic acid groups (broad SMARTS) is 1. The van der Waals surface area contributed by atoms with E-state index >= 15 is 0 Å². The maximum absolute atomic E-state index is 12.8. The molecule has 0 spiro atoms. The zero-order chi connectivity index (χ0) is 15.0. The molecule has 1 heterocycles. The van der Waals surface area contributed by atoms with Gasteiger partial charge in [-0.05, 0) is 5.92 Å². The van der Waals surface area contributed by atoms with Gasteiger partial charge in [-0.25, -0.2) is 0 Å². The van der Waals surface area contributed by atoms with E-state index in [4.69, 9.17) is 5.11 Å². The van der Waals surface area contributed by atoms with Gasteiger partial charge >= 0.3 is 12.1 Å². The van der Waals surface area contributed by atoms with Crippen LogP contribution in [0, 0.1) is 23.7 Å². The second-order valence-electron chi connectivity index (χ2n) is 5.37. The number of carbonyl (C=O) groups excluding carboxylic acids is 1. The smallest absolute Gasteiger partial charge is 0.394 e. The summed E-state index contributed by atoms with van der Waals surface area (Å²) >= 11 is 0. The first-order valence-corrected chi connectivity index (χ1v) is 6.14. The molecule has 1 fully saturated rings. The largest absolute Gasteiger partial charge is 0.481 e. The fourth-order valence-corrected chi connectivity index (χ4v) is 2.14. The van der Waals surface area contributed by atoms with E-state index in [-0.39, 0.29) is 12.5 Å². The molecular weight excluding hydrogens is 263 g/mol. The standard InChI is InChI=1S/C12H18F3NO3/c1-6(2)7(3)10(17)16-4-8(11(18)19)9(5-16)12(13,14)15/h6-9H,4-5H2,1-3H3,(H,18,19)/t7?,8-,9-/m1/s1. The van der Waals surface area contributed by atoms with E-state index in [0.29, 0.717) is 0 Å². The monoisotopic (exact) mass is 281 g/mol. The van der Waals surface area contributed by atoms with Crippen molar-refractivity contribution < 1.29 is 27.9 Å². The van der Waals surface area contributed by atoms with Gasteiger partial charge in [-0.3, -0.25) is 9.59 Å². The summed E-state index contributed by atoms with van der Waals surface area (Å²) < 4.78 is 38.3. The lowest BCUT2D eigenvalue weighted by molar-refractivity contribution is -0.188. The molecule has 3 atom stereocenters. The molecule has 110 valence electrons. The molecule has 0 aliphatic carbocycles. The van der Waals surface area contributed by atoms with Crippen LogP contribution in [0.5, 0.6) is 0 Å². The van der Waals surface area contributed by atoms with Crippen molar-refractivity contribution in [3.8, 4) is 0 Å². The van der Waals surface area contributed by atoms with E-state index < -0.39 is 42.4 Å². The maximum atomic E-state index is 12.8. The molecule has 1 saturated heterocycles. The van der Waals surface area contributed by atoms with Crippen LogP contribution in [0.15, 0.2) is 0 Å². The van der Waals surface area contributed by atoms with Gasteiger partial charge in [0.1, 0.15) is 0 Å². The Kier molecular flexibility index (Phi) is 4.47. The Morgan fingerprint density at radius 2 is 1.74 bits per heavy atom. The molecule has 0 saturated carbocycles. The third-order valence-electron chi connectivity index (χ3n) is 3.76. The van der Waals surface area contributed by atoms with Crippen molar-refractivity contribution in [2.75, 3.05) is 13.1 Å². The summed E-state index contributed by atoms with van der Waals surface area (Å²) in [5.74, 6) is -5.87. The van der Waals surface area contributed by atoms with Gasteiger partial charge in [-0.15, -0.1) is 0 Å². The molecule has 4 nitrogen and oxygen atoms in total. The maximum Gasteiger partial charge on any atom is 0.394 e. The number of amides is 1. The van der Waals surface area contributed by atoms with Crippen molar-refractivity contribution >= 4 is 11.9 Å². The zero-order valence-electron chi connectivity index (χ0n) is 11.1. The average molecular weight is 281 g/mol. The van der Waals surface area contributed by atoms with Gasteiger partial charge < -0.3 is 10.0 Å². The third-order valence-corrected chi connectivity index (χ3v) is 3.76. The molecule has 1 unspecified atom stereocenters. The highest BCUT2D eigenvalue weighted by Gasteiger charge is 2.53. The van der Waals surface area contributed by atoms with Crippen LogP contribution in [0.1, 0.15) is 20.8 Å². The lowest BCUT2D eigenvalue weighted by Gasteiger charge is -2.23. The number of likely N-dealkylation sites (tertiary alicyclic amines) is 1. The van der Waals surface area contributed by atoms with Gasteiger partial charge in [0.15, 0.2) is 0 Å². The Morgan fingerprint density at radius 1 is 1.21 bits per heavy atom. The van der Waals surface area contributed by atoms with E-state index in [1.54, 1.807) is 20.8 Å². The van der Waals surface area contributed by atoms with E-state index in [0.717, 1.165) is 4.90 Å². The van der Waals surface area contributed by atoms with Gasteiger partial charge in [-0.2, -0.15) is 13.2 Å². The molecule has 1 amide bonds. The third kappa shape index (κ3) is 3.39. The number of hydrogen-bond donors (Lipinski definition) is 1. The fourth-order valence-electron chi connectivity index (χ4n) is 2.14. The van der Waals surface area contributed by atoms with Crippen LogP contribution in [0.4, 0.5) is 13.2 Å². The van der Waals surface area contributed by atoms with Crippen LogP contribution in [-0.4, -0.2) is 41.1 Å². The number of carboxylic acids is 1. The van der Waals surface area contributed by atoms with Crippen molar-refractivity contribution in [1.29, 1.82) is 0 Å². The molecule has 1 rings (SSSR count). The number of hydrogen-bond acceptors (Lipinski definition) is 2. The normalized spacial score (nSPS) is 25.7. The van der Waals surface area contributed by atoms with E-state index in [1.165, 1.54) is 0 Å². The molecule has 0 aromatic heterocycles. The highest BCUT2D eigenvalue weighted by molar-refractivity contribution is 5.81. The predicted octanol–water partition coefficient (Wildman–Crippen LogP) is 2.00. The molecule has 0 aromatic rings. The quantitative estimate of drug-likeness (QED) is 0.860. The van der Waals surface area contributed by atoms with Gasteiger partial charge in [0, 0.05) is 19.0 Å². The number of carbonyl (C=O) groups is 2. The summed E-state index contributed by atoms with van der Waals surface area (Å²) in [6.07, 6.45) is -4.60. The van der Waals surface area contributed by atoms with Gasteiger partial charge in [0.25, 0.3) is 0 Å². The topological polar surface area (TPSA) is 57.6 Å². The van der Waals surface area contributed by atoms with Gasteiger partial charge in [-0.1, -0.05) is 20.8 Å². The number of aliphatic carboxylic acids is 1. The fraction of sp³-hybridized carbons (Fsp3) is 0.833. The Labute approximate surface area is 109 Å². The summed E-state index contributed by atoms with van der Waals surface area (Å²) in [4.78, 5) is 23.9. The minimum Gasteiger partial charge on any atom is -0.481 e. The lowest BCUT2D eigenvalue weighted by Crippen LogP contribution is -2.36. The van der Waals surface area contributed by atoms with Crippen LogP contribution < -0.4 is 0 Å². The van der Waals surface area contributed by atoms with Crippen LogP contribution in [0.2, 0.25) is 0 Å². The molecule has 19 heavy (non-hydrogen) atoms. The minimum absolute atomic E-state index is 0.000662. The van der Waals surface area contributed by atoms with E-state index in [2.05, 4.69) is 0 Å². The van der Waals surface area contributed by atoms with Crippen molar-refractivity contribution in [1.82, 2.24) is 4.90 Å². The summed E-state index contributed by atoms with van der Waals surface area (Å²) in [6.45, 7) is 4.32. The molecule has 0 aromatic carbocycles. The van der Waals surface area contributed by atoms with Crippen molar-refractivity contribution in [2.24, 2.45) is 23.7 Å². The number of rotatable bonds is 3. The predicted molar refractivity (Wildman–Crippen MR) is 61.3 cm³/mol. The second-order valence-corrected chi connectivity index (χ2v) is 5.37. The Morgan fingerprint density at radius 3 is 2.05 bits per heavy atom. The highest BCUT2D eigenvalue weighted by atomic mass is 19.4. The van der Waals surface area contributed by atoms with Crippen LogP contribution >= 0.6 is 0 Å². The average Bonchev–Trinajstić information content (AvgIpc) is 2.71. The molecule has 7 heteroatoms. The molecule has 0 radical (unpaired) electrons. The number of alkyl halides is 3. The molecule has 1 aliphatic heterocycles. The zero-order valence-corrected chi connectivity index (χ0v) is 11.1. The molecule has 1 aliphatic rings. The summed E-state index contributed by atoms with van der Waals surface area (Å²) in [5.41, 5.74) is 0. The second kappa shape index (κ2) is 5.38. The van der Waals surface area contributed by atoms with Gasteiger partial charge in [0.2, 0.25) is 5.91 Å². The molecular formula is C12H18F3NO3. The lowest BCUT2D eigenvalue weighted by atomic mass is 9.96. The highest BCUT2D eigenvalue weighted by Crippen LogP contribution is 2.38.